The summed E-state index contributed by atoms with van der Waals surface area (Å²) in [7, 11) is 0. The van der Waals surface area contributed by atoms with E-state index in [1.54, 1.807) is 24.5 Å². The molecule has 1 amide bonds. The van der Waals surface area contributed by atoms with Crippen LogP contribution in [-0.2, 0) is 6.54 Å². The second kappa shape index (κ2) is 7.06. The third-order valence-corrected chi connectivity index (χ3v) is 3.50. The lowest BCUT2D eigenvalue weighted by atomic mass is 10.1. The second-order valence-electron chi connectivity index (χ2n) is 5.03. The number of pyridine rings is 2. The van der Waals surface area contributed by atoms with Gasteiger partial charge in [0.05, 0.1) is 6.20 Å². The Morgan fingerprint density at radius 2 is 2.00 bits per heavy atom. The SMILES string of the molecule is CC[C@@H](C)N(Cc1ccncc1)C(=O)c1ncc(F)cc1F. The van der Waals surface area contributed by atoms with Gasteiger partial charge in [-0.2, -0.15) is 0 Å². The molecule has 116 valence electrons. The first-order valence-corrected chi connectivity index (χ1v) is 7.03. The first kappa shape index (κ1) is 16.0. The van der Waals surface area contributed by atoms with Crippen molar-refractivity contribution in [2.75, 3.05) is 0 Å². The first-order chi connectivity index (χ1) is 10.5. The van der Waals surface area contributed by atoms with Crippen molar-refractivity contribution in [3.05, 3.63) is 59.7 Å². The number of carbonyl (C=O) groups is 1. The van der Waals surface area contributed by atoms with Crippen LogP contribution in [0.1, 0.15) is 36.3 Å². The lowest BCUT2D eigenvalue weighted by molar-refractivity contribution is 0.0660. The predicted molar refractivity (Wildman–Crippen MR) is 78.0 cm³/mol. The fourth-order valence-electron chi connectivity index (χ4n) is 2.04. The third-order valence-electron chi connectivity index (χ3n) is 3.50. The maximum Gasteiger partial charge on any atom is 0.276 e. The van der Waals surface area contributed by atoms with E-state index in [-0.39, 0.29) is 11.7 Å². The van der Waals surface area contributed by atoms with Gasteiger partial charge in [0, 0.05) is 31.0 Å². The highest BCUT2D eigenvalue weighted by atomic mass is 19.1. The molecule has 0 spiro atoms. The topological polar surface area (TPSA) is 46.1 Å². The zero-order chi connectivity index (χ0) is 16.1. The van der Waals surface area contributed by atoms with Crippen LogP contribution >= 0.6 is 0 Å². The van der Waals surface area contributed by atoms with Crippen LogP contribution in [0.25, 0.3) is 0 Å². The second-order valence-corrected chi connectivity index (χ2v) is 5.03. The molecule has 1 atom stereocenters. The van der Waals surface area contributed by atoms with Crippen LogP contribution < -0.4 is 0 Å². The van der Waals surface area contributed by atoms with Crippen LogP contribution in [0.2, 0.25) is 0 Å². The van der Waals surface area contributed by atoms with E-state index >= 15 is 0 Å². The van der Waals surface area contributed by atoms with E-state index in [0.717, 1.165) is 11.8 Å². The molecule has 4 nitrogen and oxygen atoms in total. The summed E-state index contributed by atoms with van der Waals surface area (Å²) in [6.45, 7) is 4.13. The van der Waals surface area contributed by atoms with Crippen LogP contribution in [0.3, 0.4) is 0 Å². The average Bonchev–Trinajstić information content (AvgIpc) is 2.52. The fourth-order valence-corrected chi connectivity index (χ4v) is 2.04. The lowest BCUT2D eigenvalue weighted by Crippen LogP contribution is -2.38. The molecule has 0 aliphatic carbocycles. The highest BCUT2D eigenvalue weighted by molar-refractivity contribution is 5.92. The summed E-state index contributed by atoms with van der Waals surface area (Å²) in [6, 6.07) is 4.14. The molecule has 0 aromatic carbocycles. The molecule has 2 heterocycles. The molecular weight excluding hydrogens is 288 g/mol. The minimum atomic E-state index is -0.951. The predicted octanol–water partition coefficient (Wildman–Crippen LogP) is 3.20. The molecule has 0 radical (unpaired) electrons. The van der Waals surface area contributed by atoms with Gasteiger partial charge in [0.15, 0.2) is 11.5 Å². The van der Waals surface area contributed by atoms with Crippen LogP contribution in [0.4, 0.5) is 8.78 Å². The summed E-state index contributed by atoms with van der Waals surface area (Å²) < 4.78 is 26.8. The van der Waals surface area contributed by atoms with Crippen LogP contribution in [0.15, 0.2) is 36.8 Å². The Labute approximate surface area is 127 Å². The summed E-state index contributed by atoms with van der Waals surface area (Å²) in [5.41, 5.74) is 0.516. The van der Waals surface area contributed by atoms with Gasteiger partial charge in [0.25, 0.3) is 5.91 Å². The van der Waals surface area contributed by atoms with E-state index in [2.05, 4.69) is 9.97 Å². The Morgan fingerprint density at radius 1 is 1.32 bits per heavy atom. The zero-order valence-electron chi connectivity index (χ0n) is 12.5. The van der Waals surface area contributed by atoms with Crippen molar-refractivity contribution in [2.24, 2.45) is 0 Å². The Morgan fingerprint density at radius 3 is 2.59 bits per heavy atom. The van der Waals surface area contributed by atoms with Crippen molar-refractivity contribution in [3.8, 4) is 0 Å². The number of hydrogen-bond donors (Lipinski definition) is 0. The van der Waals surface area contributed by atoms with E-state index < -0.39 is 17.5 Å². The van der Waals surface area contributed by atoms with Gasteiger partial charge in [-0.1, -0.05) is 6.92 Å². The van der Waals surface area contributed by atoms with E-state index in [0.29, 0.717) is 19.0 Å². The standard InChI is InChI=1S/C16H17F2N3O/c1-3-11(2)21(10-12-4-6-19-7-5-12)16(22)15-14(18)8-13(17)9-20-15/h4-9,11H,3,10H2,1-2H3/t11-/m1/s1. The number of hydrogen-bond acceptors (Lipinski definition) is 3. The van der Waals surface area contributed by atoms with E-state index in [4.69, 9.17) is 0 Å². The molecule has 0 aliphatic rings. The molecule has 0 fully saturated rings. The van der Waals surface area contributed by atoms with Gasteiger partial charge >= 0.3 is 0 Å². The summed E-state index contributed by atoms with van der Waals surface area (Å²) in [5, 5.41) is 0. The van der Waals surface area contributed by atoms with E-state index in [9.17, 15) is 13.6 Å². The Balaban J connectivity index is 2.30. The quantitative estimate of drug-likeness (QED) is 0.852. The Bertz CT molecular complexity index is 649. The molecule has 0 aliphatic heterocycles. The molecule has 2 aromatic rings. The summed E-state index contributed by atoms with van der Waals surface area (Å²) in [6.07, 6.45) is 4.81. The molecule has 6 heteroatoms. The van der Waals surface area contributed by atoms with Crippen molar-refractivity contribution in [2.45, 2.75) is 32.9 Å². The number of rotatable bonds is 5. The lowest BCUT2D eigenvalue weighted by Gasteiger charge is -2.28. The largest absolute Gasteiger partial charge is 0.330 e. The molecule has 2 rings (SSSR count). The van der Waals surface area contributed by atoms with Gasteiger partial charge in [0.1, 0.15) is 5.82 Å². The highest BCUT2D eigenvalue weighted by Crippen LogP contribution is 2.16. The van der Waals surface area contributed by atoms with Gasteiger partial charge in [-0.15, -0.1) is 0 Å². The summed E-state index contributed by atoms with van der Waals surface area (Å²) >= 11 is 0. The molecular formula is C16H17F2N3O. The normalized spacial score (nSPS) is 12.0. The number of halogens is 2. The molecule has 0 N–H and O–H groups in total. The number of aromatic nitrogens is 2. The zero-order valence-corrected chi connectivity index (χ0v) is 12.5. The highest BCUT2D eigenvalue weighted by Gasteiger charge is 2.24. The van der Waals surface area contributed by atoms with Crippen LogP contribution in [0.5, 0.6) is 0 Å². The maximum absolute atomic E-state index is 13.8. The Kier molecular flexibility index (Phi) is 5.14. The van der Waals surface area contributed by atoms with Gasteiger partial charge < -0.3 is 4.90 Å². The molecule has 0 bridgehead atoms. The number of carbonyl (C=O) groups excluding carboxylic acids is 1. The molecule has 2 aromatic heterocycles. The molecule has 22 heavy (non-hydrogen) atoms. The third kappa shape index (κ3) is 3.63. The van der Waals surface area contributed by atoms with E-state index in [1.165, 1.54) is 4.90 Å². The van der Waals surface area contributed by atoms with Crippen molar-refractivity contribution >= 4 is 5.91 Å². The van der Waals surface area contributed by atoms with Crippen LogP contribution in [-0.4, -0.2) is 26.8 Å². The minimum absolute atomic E-state index is 0.105. The smallest absolute Gasteiger partial charge is 0.276 e. The fraction of sp³-hybridized carbons (Fsp3) is 0.312. The minimum Gasteiger partial charge on any atom is -0.330 e. The summed E-state index contributed by atoms with van der Waals surface area (Å²) in [4.78, 5) is 21.6. The summed E-state index contributed by atoms with van der Waals surface area (Å²) in [5.74, 6) is -2.31. The maximum atomic E-state index is 13.8. The van der Waals surface area contributed by atoms with E-state index in [1.807, 2.05) is 13.8 Å². The van der Waals surface area contributed by atoms with Gasteiger partial charge in [-0.3, -0.25) is 9.78 Å². The average molecular weight is 305 g/mol. The monoisotopic (exact) mass is 305 g/mol. The van der Waals surface area contributed by atoms with Gasteiger partial charge in [-0.05, 0) is 31.0 Å². The van der Waals surface area contributed by atoms with Crippen molar-refractivity contribution in [1.82, 2.24) is 14.9 Å². The van der Waals surface area contributed by atoms with Crippen molar-refractivity contribution in [1.29, 1.82) is 0 Å². The first-order valence-electron chi connectivity index (χ1n) is 7.03. The Hall–Kier alpha value is -2.37. The number of nitrogens with zero attached hydrogens (tertiary/aromatic N) is 3. The van der Waals surface area contributed by atoms with Crippen molar-refractivity contribution in [3.63, 3.8) is 0 Å². The van der Waals surface area contributed by atoms with Crippen molar-refractivity contribution < 1.29 is 13.6 Å². The number of amides is 1. The van der Waals surface area contributed by atoms with Gasteiger partial charge in [0.2, 0.25) is 0 Å². The molecule has 0 unspecified atom stereocenters. The molecule has 0 saturated heterocycles. The molecule has 0 saturated carbocycles. The van der Waals surface area contributed by atoms with Gasteiger partial charge in [-0.25, -0.2) is 13.8 Å². The van der Waals surface area contributed by atoms with Crippen LogP contribution in [0, 0.1) is 11.6 Å².